The molecule has 0 fully saturated rings. The van der Waals surface area contributed by atoms with E-state index in [1.165, 1.54) is 12.1 Å². The van der Waals surface area contributed by atoms with Crippen LogP contribution in [0, 0.1) is 5.82 Å². The topological polar surface area (TPSA) is 18.5 Å². The number of ether oxygens (including phenoxy) is 2. The van der Waals surface area contributed by atoms with Crippen molar-refractivity contribution in [2.45, 2.75) is 24.8 Å². The minimum atomic E-state index is -0.411. The Bertz CT molecular complexity index is 408. The zero-order chi connectivity index (χ0) is 11.8. The van der Waals surface area contributed by atoms with Gasteiger partial charge in [-0.1, -0.05) is 0 Å². The summed E-state index contributed by atoms with van der Waals surface area (Å²) in [6, 6.07) is 2.93. The summed E-state index contributed by atoms with van der Waals surface area (Å²) in [6.45, 7) is 2.43. The maximum Gasteiger partial charge on any atom is 0.134 e. The highest BCUT2D eigenvalue weighted by Crippen LogP contribution is 2.39. The fourth-order valence-electron chi connectivity index (χ4n) is 2.14. The quantitative estimate of drug-likeness (QED) is 0.762. The number of halogens is 2. The van der Waals surface area contributed by atoms with Gasteiger partial charge < -0.3 is 9.47 Å². The van der Waals surface area contributed by atoms with Gasteiger partial charge in [-0.05, 0) is 19.1 Å². The molecule has 0 saturated heterocycles. The van der Waals surface area contributed by atoms with Crippen LogP contribution in [0.5, 0.6) is 5.75 Å². The number of rotatable bonds is 3. The van der Waals surface area contributed by atoms with Crippen molar-refractivity contribution in [2.75, 3.05) is 13.7 Å². The average molecular weight is 245 g/mol. The van der Waals surface area contributed by atoms with Crippen LogP contribution in [0.1, 0.15) is 18.1 Å². The Kier molecular flexibility index (Phi) is 3.08. The summed E-state index contributed by atoms with van der Waals surface area (Å²) in [6.07, 6.45) is 0.651. The molecule has 0 aliphatic carbocycles. The van der Waals surface area contributed by atoms with Gasteiger partial charge in [-0.2, -0.15) is 0 Å². The maximum atomic E-state index is 13.3. The lowest BCUT2D eigenvalue weighted by molar-refractivity contribution is 0.0201. The minimum absolute atomic E-state index is 0.253. The SMILES string of the molecule is COCC1(C)Cc2cc(F)cc(CCl)c2O1. The van der Waals surface area contributed by atoms with Gasteiger partial charge in [0.05, 0.1) is 12.5 Å². The van der Waals surface area contributed by atoms with Gasteiger partial charge >= 0.3 is 0 Å². The lowest BCUT2D eigenvalue weighted by Gasteiger charge is -2.23. The van der Waals surface area contributed by atoms with Crippen molar-refractivity contribution in [3.63, 3.8) is 0 Å². The van der Waals surface area contributed by atoms with Crippen LogP contribution in [0.4, 0.5) is 4.39 Å². The van der Waals surface area contributed by atoms with Gasteiger partial charge in [0.2, 0.25) is 0 Å². The summed E-state index contributed by atoms with van der Waals surface area (Å²) in [5.41, 5.74) is 1.16. The van der Waals surface area contributed by atoms with E-state index in [1.807, 2.05) is 6.92 Å². The Balaban J connectivity index is 2.36. The molecule has 4 heteroatoms. The van der Waals surface area contributed by atoms with Gasteiger partial charge in [-0.25, -0.2) is 4.39 Å². The average Bonchev–Trinajstić information content (AvgIpc) is 2.53. The van der Waals surface area contributed by atoms with E-state index in [1.54, 1.807) is 7.11 Å². The van der Waals surface area contributed by atoms with Gasteiger partial charge in [0.25, 0.3) is 0 Å². The second-order valence-corrected chi connectivity index (χ2v) is 4.62. The van der Waals surface area contributed by atoms with Crippen LogP contribution in [-0.2, 0) is 17.0 Å². The van der Waals surface area contributed by atoms with Crippen molar-refractivity contribution >= 4 is 11.6 Å². The van der Waals surface area contributed by atoms with Gasteiger partial charge in [-0.15, -0.1) is 11.6 Å². The summed E-state index contributed by atoms with van der Waals surface area (Å²) in [5.74, 6) is 0.707. The fourth-order valence-corrected chi connectivity index (χ4v) is 2.34. The predicted octanol–water partition coefficient (Wildman–Crippen LogP) is 2.90. The molecule has 1 unspecified atom stereocenters. The third kappa shape index (κ3) is 2.02. The number of methoxy groups -OCH3 is 1. The van der Waals surface area contributed by atoms with Crippen molar-refractivity contribution in [3.8, 4) is 5.75 Å². The molecule has 16 heavy (non-hydrogen) atoms. The molecular weight excluding hydrogens is 231 g/mol. The van der Waals surface area contributed by atoms with E-state index >= 15 is 0 Å². The summed E-state index contributed by atoms with van der Waals surface area (Å²) in [4.78, 5) is 0. The zero-order valence-electron chi connectivity index (χ0n) is 9.35. The van der Waals surface area contributed by atoms with E-state index in [0.717, 1.165) is 11.3 Å². The maximum absolute atomic E-state index is 13.3. The van der Waals surface area contributed by atoms with Gasteiger partial charge in [0.1, 0.15) is 17.2 Å². The van der Waals surface area contributed by atoms with Crippen molar-refractivity contribution in [2.24, 2.45) is 0 Å². The molecule has 0 saturated carbocycles. The standard InChI is InChI=1S/C12H14ClFO2/c1-12(7-15-2)5-8-3-10(14)4-9(6-13)11(8)16-12/h3-4H,5-7H2,1-2H3. The number of alkyl halides is 1. The molecule has 2 rings (SSSR count). The lowest BCUT2D eigenvalue weighted by Crippen LogP contribution is -2.35. The first-order valence-corrected chi connectivity index (χ1v) is 5.66. The first-order valence-electron chi connectivity index (χ1n) is 5.13. The van der Waals surface area contributed by atoms with Crippen LogP contribution >= 0.6 is 11.6 Å². The molecule has 1 aliphatic rings. The first-order chi connectivity index (χ1) is 7.58. The first kappa shape index (κ1) is 11.7. The molecule has 88 valence electrons. The Labute approximate surface area is 99.3 Å². The van der Waals surface area contributed by atoms with E-state index < -0.39 is 5.60 Å². The van der Waals surface area contributed by atoms with Crippen LogP contribution in [0.2, 0.25) is 0 Å². The highest BCUT2D eigenvalue weighted by Gasteiger charge is 2.36. The second-order valence-electron chi connectivity index (χ2n) is 4.35. The molecule has 0 aromatic heterocycles. The van der Waals surface area contributed by atoms with E-state index in [4.69, 9.17) is 21.1 Å². The van der Waals surface area contributed by atoms with Crippen molar-refractivity contribution in [1.82, 2.24) is 0 Å². The van der Waals surface area contributed by atoms with E-state index in [0.29, 0.717) is 18.6 Å². The van der Waals surface area contributed by atoms with Crippen LogP contribution in [0.15, 0.2) is 12.1 Å². The molecule has 1 heterocycles. The van der Waals surface area contributed by atoms with E-state index in [9.17, 15) is 4.39 Å². The van der Waals surface area contributed by atoms with Crippen molar-refractivity contribution < 1.29 is 13.9 Å². The van der Waals surface area contributed by atoms with Crippen LogP contribution in [0.3, 0.4) is 0 Å². The van der Waals surface area contributed by atoms with E-state index in [2.05, 4.69) is 0 Å². The fraction of sp³-hybridized carbons (Fsp3) is 0.500. The Morgan fingerprint density at radius 2 is 2.31 bits per heavy atom. The molecule has 0 amide bonds. The van der Waals surface area contributed by atoms with E-state index in [-0.39, 0.29) is 11.7 Å². The minimum Gasteiger partial charge on any atom is -0.484 e. The largest absolute Gasteiger partial charge is 0.484 e. The summed E-state index contributed by atoms with van der Waals surface area (Å²) >= 11 is 5.77. The van der Waals surface area contributed by atoms with Gasteiger partial charge in [0, 0.05) is 24.7 Å². The number of fused-ring (bicyclic) bond motifs is 1. The van der Waals surface area contributed by atoms with Crippen molar-refractivity contribution in [1.29, 1.82) is 0 Å². The monoisotopic (exact) mass is 244 g/mol. The van der Waals surface area contributed by atoms with Crippen LogP contribution < -0.4 is 4.74 Å². The molecule has 0 radical (unpaired) electrons. The molecule has 1 aromatic carbocycles. The normalized spacial score (nSPS) is 23.0. The van der Waals surface area contributed by atoms with Gasteiger partial charge in [0.15, 0.2) is 0 Å². The third-order valence-electron chi connectivity index (χ3n) is 2.71. The second kappa shape index (κ2) is 4.22. The highest BCUT2D eigenvalue weighted by atomic mass is 35.5. The summed E-state index contributed by atoms with van der Waals surface area (Å²) in [5, 5.41) is 0. The molecule has 2 nitrogen and oxygen atoms in total. The molecular formula is C12H14ClFO2. The third-order valence-corrected chi connectivity index (χ3v) is 3.00. The smallest absolute Gasteiger partial charge is 0.134 e. The molecule has 0 bridgehead atoms. The molecule has 1 aromatic rings. The summed E-state index contributed by atoms with van der Waals surface area (Å²) in [7, 11) is 1.63. The zero-order valence-corrected chi connectivity index (χ0v) is 10.1. The summed E-state index contributed by atoms with van der Waals surface area (Å²) < 4.78 is 24.2. The Hall–Kier alpha value is -0.800. The lowest BCUT2D eigenvalue weighted by atomic mass is 9.99. The van der Waals surface area contributed by atoms with Gasteiger partial charge in [-0.3, -0.25) is 0 Å². The number of hydrogen-bond donors (Lipinski definition) is 0. The molecule has 1 aliphatic heterocycles. The number of benzene rings is 1. The highest BCUT2D eigenvalue weighted by molar-refractivity contribution is 6.17. The molecule has 1 atom stereocenters. The Morgan fingerprint density at radius 3 is 2.94 bits per heavy atom. The van der Waals surface area contributed by atoms with Crippen molar-refractivity contribution in [3.05, 3.63) is 29.1 Å². The Morgan fingerprint density at radius 1 is 1.56 bits per heavy atom. The van der Waals surface area contributed by atoms with Crippen LogP contribution in [-0.4, -0.2) is 19.3 Å². The predicted molar refractivity (Wildman–Crippen MR) is 60.6 cm³/mol. The number of hydrogen-bond acceptors (Lipinski definition) is 2. The molecule has 0 spiro atoms. The van der Waals surface area contributed by atoms with Crippen LogP contribution in [0.25, 0.3) is 0 Å². The molecule has 0 N–H and O–H groups in total.